The molecule has 0 radical (unpaired) electrons. The fourth-order valence-corrected chi connectivity index (χ4v) is 3.46. The van der Waals surface area contributed by atoms with Gasteiger partial charge in [0.05, 0.1) is 11.4 Å². The zero-order chi connectivity index (χ0) is 19.0. The highest BCUT2D eigenvalue weighted by molar-refractivity contribution is 6.73. The molecule has 1 aromatic rings. The lowest BCUT2D eigenvalue weighted by Crippen LogP contribution is -2.44. The van der Waals surface area contributed by atoms with Gasteiger partial charge >= 0.3 is 0 Å². The fourth-order valence-electron chi connectivity index (χ4n) is 3.46. The van der Waals surface area contributed by atoms with Gasteiger partial charge in [-0.2, -0.15) is 0 Å². The monoisotopic (exact) mass is 341 g/mol. The van der Waals surface area contributed by atoms with Gasteiger partial charge in [0.25, 0.3) is 0 Å². The van der Waals surface area contributed by atoms with E-state index in [1.807, 2.05) is 51.9 Å². The fraction of sp³-hybridized carbons (Fsp3) is 0.550. The molecule has 1 fully saturated rings. The molecule has 5 heteroatoms. The molecular weight excluding hydrogens is 313 g/mol. The highest BCUT2D eigenvalue weighted by atomic mass is 16.2. The van der Waals surface area contributed by atoms with Crippen molar-refractivity contribution in [2.45, 2.75) is 59.7 Å². The number of carbonyl (C=O) groups is 3. The van der Waals surface area contributed by atoms with Crippen LogP contribution >= 0.6 is 0 Å². The molecule has 0 aliphatic carbocycles. The third-order valence-electron chi connectivity index (χ3n) is 6.16. The van der Waals surface area contributed by atoms with Crippen molar-refractivity contribution in [2.24, 2.45) is 11.3 Å². The Labute approximate surface area is 151 Å². The van der Waals surface area contributed by atoms with Crippen LogP contribution in [0.4, 0.5) is 5.69 Å². The van der Waals surface area contributed by atoms with E-state index in [-0.39, 0.29) is 28.8 Å². The molecule has 1 unspecified atom stereocenters. The van der Waals surface area contributed by atoms with Gasteiger partial charge in [-0.05, 0) is 24.1 Å². The summed E-state index contributed by atoms with van der Waals surface area (Å²) in [5, 5.41) is 0. The Balaban J connectivity index is 2.33. The van der Waals surface area contributed by atoms with Gasteiger partial charge in [-0.1, -0.05) is 53.6 Å². The van der Waals surface area contributed by atoms with Crippen molar-refractivity contribution < 1.29 is 14.4 Å². The Bertz CT molecular complexity index is 691. The van der Waals surface area contributed by atoms with Crippen LogP contribution in [-0.2, 0) is 19.8 Å². The van der Waals surface area contributed by atoms with E-state index < -0.39 is 5.41 Å². The third kappa shape index (κ3) is 3.16. The quantitative estimate of drug-likeness (QED) is 0.589. The minimum atomic E-state index is -0.504. The molecule has 1 aliphatic heterocycles. The van der Waals surface area contributed by atoms with E-state index in [1.165, 1.54) is 4.90 Å². The van der Waals surface area contributed by atoms with Crippen molar-refractivity contribution in [3.63, 3.8) is 0 Å². The van der Waals surface area contributed by atoms with Crippen LogP contribution in [0.25, 0.3) is 0 Å². The van der Waals surface area contributed by atoms with E-state index in [2.05, 4.69) is 13.8 Å². The van der Waals surface area contributed by atoms with Gasteiger partial charge in [0.2, 0.25) is 19.1 Å². The van der Waals surface area contributed by atoms with Crippen LogP contribution in [0, 0.1) is 11.3 Å². The molecule has 1 aromatic carbocycles. The normalized spacial score (nSPS) is 18.6. The summed E-state index contributed by atoms with van der Waals surface area (Å²) in [6, 6.07) is 7.49. The number of nitrogens with zero attached hydrogens (tertiary/aromatic N) is 1. The van der Waals surface area contributed by atoms with E-state index in [0.717, 1.165) is 5.56 Å². The first-order valence-electron chi connectivity index (χ1n) is 9.08. The van der Waals surface area contributed by atoms with Crippen molar-refractivity contribution in [3.05, 3.63) is 29.8 Å². The molecule has 134 valence electrons. The molecule has 0 N–H and O–H groups in total. The van der Waals surface area contributed by atoms with Gasteiger partial charge in [0.1, 0.15) is 0 Å². The number of carbonyl (C=O) groups excluding carboxylic acids is 3. The second-order valence-corrected chi connectivity index (χ2v) is 7.95. The van der Waals surface area contributed by atoms with E-state index in [9.17, 15) is 14.4 Å². The van der Waals surface area contributed by atoms with Gasteiger partial charge < -0.3 is 4.79 Å². The molecule has 2 amide bonds. The van der Waals surface area contributed by atoms with Crippen LogP contribution < -0.4 is 4.90 Å². The van der Waals surface area contributed by atoms with E-state index in [1.54, 1.807) is 0 Å². The average Bonchev–Trinajstić information content (AvgIpc) is 2.87. The predicted octanol–water partition coefficient (Wildman–Crippen LogP) is 3.29. The van der Waals surface area contributed by atoms with Gasteiger partial charge in [-0.15, -0.1) is 0 Å². The standard InChI is InChI=1S/C20H28BNO3/c1-7-13-12-16(23)22(17(13)24)15-10-8-14(9-11-15)19(2,3)20(4,5)18(25)21-6/h8-11,13,21H,7,12H2,1-6H3. The molecule has 0 aromatic heterocycles. The van der Waals surface area contributed by atoms with Gasteiger partial charge in [0, 0.05) is 23.2 Å². The van der Waals surface area contributed by atoms with Crippen molar-refractivity contribution >= 4 is 30.5 Å². The summed E-state index contributed by atoms with van der Waals surface area (Å²) in [6.07, 6.45) is 0.972. The van der Waals surface area contributed by atoms with Crippen molar-refractivity contribution in [2.75, 3.05) is 4.90 Å². The van der Waals surface area contributed by atoms with Crippen LogP contribution in [0.3, 0.4) is 0 Å². The summed E-state index contributed by atoms with van der Waals surface area (Å²) in [6.45, 7) is 11.9. The molecule has 0 spiro atoms. The Morgan fingerprint density at radius 1 is 1.16 bits per heavy atom. The maximum absolute atomic E-state index is 12.4. The van der Waals surface area contributed by atoms with Crippen molar-refractivity contribution in [1.29, 1.82) is 0 Å². The number of hydrogen-bond donors (Lipinski definition) is 0. The number of anilines is 1. The number of rotatable bonds is 6. The van der Waals surface area contributed by atoms with E-state index in [0.29, 0.717) is 25.8 Å². The number of hydrogen-bond acceptors (Lipinski definition) is 3. The van der Waals surface area contributed by atoms with Crippen LogP contribution in [0.5, 0.6) is 0 Å². The van der Waals surface area contributed by atoms with Crippen molar-refractivity contribution in [1.82, 2.24) is 0 Å². The molecule has 1 aliphatic rings. The molecule has 1 atom stereocenters. The van der Waals surface area contributed by atoms with Gasteiger partial charge in [-0.25, -0.2) is 0 Å². The van der Waals surface area contributed by atoms with Crippen molar-refractivity contribution in [3.8, 4) is 0 Å². The minimum absolute atomic E-state index is 0.110. The minimum Gasteiger partial charge on any atom is -0.311 e. The molecule has 1 heterocycles. The maximum atomic E-state index is 12.4. The lowest BCUT2D eigenvalue weighted by atomic mass is 9.53. The van der Waals surface area contributed by atoms with E-state index >= 15 is 0 Å². The van der Waals surface area contributed by atoms with Crippen LogP contribution in [-0.4, -0.2) is 24.8 Å². The summed E-state index contributed by atoms with van der Waals surface area (Å²) in [5.74, 6) is -0.448. The summed E-state index contributed by atoms with van der Waals surface area (Å²) >= 11 is 0. The van der Waals surface area contributed by atoms with Crippen LogP contribution in [0.1, 0.15) is 53.0 Å². The molecule has 1 saturated heterocycles. The Morgan fingerprint density at radius 2 is 1.72 bits per heavy atom. The van der Waals surface area contributed by atoms with E-state index in [4.69, 9.17) is 0 Å². The summed E-state index contributed by atoms with van der Waals surface area (Å²) in [7, 11) is 0.504. The lowest BCUT2D eigenvalue weighted by molar-refractivity contribution is -0.123. The molecule has 4 nitrogen and oxygen atoms in total. The molecule has 25 heavy (non-hydrogen) atoms. The second-order valence-electron chi connectivity index (χ2n) is 7.95. The number of benzene rings is 1. The average molecular weight is 341 g/mol. The molecule has 0 saturated carbocycles. The first-order chi connectivity index (χ1) is 11.6. The second kappa shape index (κ2) is 6.78. The Hall–Kier alpha value is -1.91. The first kappa shape index (κ1) is 19.4. The van der Waals surface area contributed by atoms with Crippen LogP contribution in [0.2, 0.25) is 6.82 Å². The summed E-state index contributed by atoms with van der Waals surface area (Å²) < 4.78 is 0. The highest BCUT2D eigenvalue weighted by Crippen LogP contribution is 2.42. The molecule has 2 rings (SSSR count). The SMILES string of the molecule is CBC(=O)C(C)(C)C(C)(C)c1ccc(N2C(=O)CC(CC)C2=O)cc1. The topological polar surface area (TPSA) is 54.5 Å². The predicted molar refractivity (Wildman–Crippen MR) is 102 cm³/mol. The van der Waals surface area contributed by atoms with Gasteiger partial charge in [0.15, 0.2) is 0 Å². The number of imide groups is 1. The van der Waals surface area contributed by atoms with Crippen LogP contribution in [0.15, 0.2) is 24.3 Å². The Kier molecular flexibility index (Phi) is 5.26. The first-order valence-corrected chi connectivity index (χ1v) is 9.08. The zero-order valence-electron chi connectivity index (χ0n) is 16.2. The zero-order valence-corrected chi connectivity index (χ0v) is 16.2. The molecular formula is C20H28BNO3. The number of amides is 2. The maximum Gasteiger partial charge on any atom is 0.237 e. The lowest BCUT2D eigenvalue weighted by Gasteiger charge is -2.41. The third-order valence-corrected chi connectivity index (χ3v) is 6.16. The molecule has 0 bridgehead atoms. The highest BCUT2D eigenvalue weighted by Gasteiger charge is 2.43. The summed E-state index contributed by atoms with van der Waals surface area (Å²) in [4.78, 5) is 38.2. The smallest absolute Gasteiger partial charge is 0.237 e. The van der Waals surface area contributed by atoms with Gasteiger partial charge in [-0.3, -0.25) is 14.5 Å². The Morgan fingerprint density at radius 3 is 2.16 bits per heavy atom. The largest absolute Gasteiger partial charge is 0.311 e. The summed E-state index contributed by atoms with van der Waals surface area (Å²) in [5.41, 5.74) is 0.996.